The molecule has 2 N–H and O–H groups in total. The molecule has 2 aliphatic rings. The number of nitrogens with zero attached hydrogens (tertiary/aromatic N) is 1. The van der Waals surface area contributed by atoms with E-state index in [9.17, 15) is 14.7 Å². The molecule has 0 radical (unpaired) electrons. The molecule has 0 aromatic carbocycles. The van der Waals surface area contributed by atoms with Gasteiger partial charge in [0.1, 0.15) is 0 Å². The van der Waals surface area contributed by atoms with Crippen LogP contribution in [-0.2, 0) is 16.0 Å². The maximum absolute atomic E-state index is 12.3. The molecule has 21 heavy (non-hydrogen) atoms. The maximum Gasteiger partial charge on any atom is 0.307 e. The number of rotatable bonds is 5. The largest absolute Gasteiger partial charge is 0.481 e. The fourth-order valence-corrected chi connectivity index (χ4v) is 3.49. The molecular formula is C16H18N2O3. The Morgan fingerprint density at radius 3 is 2.67 bits per heavy atom. The lowest BCUT2D eigenvalue weighted by molar-refractivity contribution is -0.147. The summed E-state index contributed by atoms with van der Waals surface area (Å²) in [5.41, 5.74) is 0.917. The Morgan fingerprint density at radius 1 is 1.24 bits per heavy atom. The predicted molar refractivity (Wildman–Crippen MR) is 76.3 cm³/mol. The van der Waals surface area contributed by atoms with E-state index in [4.69, 9.17) is 0 Å². The maximum atomic E-state index is 12.3. The van der Waals surface area contributed by atoms with E-state index in [0.29, 0.717) is 13.0 Å². The van der Waals surface area contributed by atoms with Crippen molar-refractivity contribution in [3.63, 3.8) is 0 Å². The molecule has 3 rings (SSSR count). The minimum Gasteiger partial charge on any atom is -0.481 e. The number of carbonyl (C=O) groups excluding carboxylic acids is 1. The number of nitrogens with one attached hydrogen (secondary N) is 1. The topological polar surface area (TPSA) is 79.3 Å². The molecule has 2 aliphatic carbocycles. The molecule has 1 fully saturated rings. The Kier molecular flexibility index (Phi) is 3.73. The van der Waals surface area contributed by atoms with Crippen molar-refractivity contribution in [3.8, 4) is 0 Å². The monoisotopic (exact) mass is 286 g/mol. The first-order valence-electron chi connectivity index (χ1n) is 7.25. The fraction of sp³-hybridized carbons (Fsp3) is 0.438. The number of pyridine rings is 1. The zero-order valence-corrected chi connectivity index (χ0v) is 11.6. The van der Waals surface area contributed by atoms with Crippen LogP contribution < -0.4 is 5.32 Å². The van der Waals surface area contributed by atoms with E-state index in [1.807, 2.05) is 30.4 Å². The summed E-state index contributed by atoms with van der Waals surface area (Å²) < 4.78 is 0. The van der Waals surface area contributed by atoms with Gasteiger partial charge in [0.15, 0.2) is 0 Å². The zero-order chi connectivity index (χ0) is 14.8. The van der Waals surface area contributed by atoms with Crippen LogP contribution in [0.5, 0.6) is 0 Å². The SMILES string of the molecule is O=C(O)C1C2C=CC(C2)C1C(=O)NCCc1ccccn1. The van der Waals surface area contributed by atoms with Gasteiger partial charge in [-0.2, -0.15) is 0 Å². The highest BCUT2D eigenvalue weighted by Crippen LogP contribution is 2.48. The van der Waals surface area contributed by atoms with E-state index in [1.54, 1.807) is 6.20 Å². The van der Waals surface area contributed by atoms with Gasteiger partial charge in [-0.15, -0.1) is 0 Å². The van der Waals surface area contributed by atoms with E-state index in [1.165, 1.54) is 0 Å². The van der Waals surface area contributed by atoms with Gasteiger partial charge in [0.25, 0.3) is 0 Å². The van der Waals surface area contributed by atoms with Gasteiger partial charge in [0, 0.05) is 24.9 Å². The average Bonchev–Trinajstić information content (AvgIpc) is 3.08. The second kappa shape index (κ2) is 5.68. The van der Waals surface area contributed by atoms with Gasteiger partial charge in [-0.25, -0.2) is 0 Å². The van der Waals surface area contributed by atoms with Crippen molar-refractivity contribution in [2.75, 3.05) is 6.54 Å². The highest BCUT2D eigenvalue weighted by Gasteiger charge is 2.51. The lowest BCUT2D eigenvalue weighted by atomic mass is 9.82. The van der Waals surface area contributed by atoms with E-state index >= 15 is 0 Å². The van der Waals surface area contributed by atoms with Crippen LogP contribution in [0.25, 0.3) is 0 Å². The predicted octanol–water partition coefficient (Wildman–Crippen LogP) is 1.26. The van der Waals surface area contributed by atoms with Crippen molar-refractivity contribution >= 4 is 11.9 Å². The molecule has 1 aromatic rings. The van der Waals surface area contributed by atoms with Crippen molar-refractivity contribution in [1.82, 2.24) is 10.3 Å². The quantitative estimate of drug-likeness (QED) is 0.799. The van der Waals surface area contributed by atoms with E-state index in [2.05, 4.69) is 10.3 Å². The minimum absolute atomic E-state index is 0.0130. The number of aromatic nitrogens is 1. The summed E-state index contributed by atoms with van der Waals surface area (Å²) in [4.78, 5) is 27.9. The van der Waals surface area contributed by atoms with Crippen molar-refractivity contribution in [2.24, 2.45) is 23.7 Å². The van der Waals surface area contributed by atoms with Crippen molar-refractivity contribution in [2.45, 2.75) is 12.8 Å². The number of hydrogen-bond acceptors (Lipinski definition) is 3. The van der Waals surface area contributed by atoms with Crippen molar-refractivity contribution in [1.29, 1.82) is 0 Å². The normalized spacial score (nSPS) is 29.5. The third-order valence-electron chi connectivity index (χ3n) is 4.45. The number of amides is 1. The summed E-state index contributed by atoms with van der Waals surface area (Å²) in [5, 5.41) is 12.2. The van der Waals surface area contributed by atoms with Crippen molar-refractivity contribution in [3.05, 3.63) is 42.2 Å². The van der Waals surface area contributed by atoms with Gasteiger partial charge < -0.3 is 10.4 Å². The zero-order valence-electron chi connectivity index (χ0n) is 11.6. The first-order chi connectivity index (χ1) is 10.2. The van der Waals surface area contributed by atoms with Crippen LogP contribution in [0.2, 0.25) is 0 Å². The number of carboxylic acids is 1. The third-order valence-corrected chi connectivity index (χ3v) is 4.45. The molecule has 0 aliphatic heterocycles. The number of hydrogen-bond donors (Lipinski definition) is 2. The molecule has 5 nitrogen and oxygen atoms in total. The van der Waals surface area contributed by atoms with E-state index < -0.39 is 17.8 Å². The second-order valence-electron chi connectivity index (χ2n) is 5.70. The molecule has 1 amide bonds. The van der Waals surface area contributed by atoms with Gasteiger partial charge in [-0.1, -0.05) is 18.2 Å². The molecule has 110 valence electrons. The molecule has 4 unspecified atom stereocenters. The highest BCUT2D eigenvalue weighted by molar-refractivity contribution is 5.86. The number of carboxylic acid groups (broad SMARTS) is 1. The minimum atomic E-state index is -0.864. The summed E-state index contributed by atoms with van der Waals surface area (Å²) in [6, 6.07) is 5.67. The molecule has 0 spiro atoms. The summed E-state index contributed by atoms with van der Waals surface area (Å²) in [6.07, 6.45) is 7.10. The van der Waals surface area contributed by atoms with Crippen LogP contribution in [0.15, 0.2) is 36.5 Å². The van der Waals surface area contributed by atoms with Gasteiger partial charge in [-0.3, -0.25) is 14.6 Å². The van der Waals surface area contributed by atoms with Crippen molar-refractivity contribution < 1.29 is 14.7 Å². The lowest BCUT2D eigenvalue weighted by Gasteiger charge is -2.23. The first-order valence-corrected chi connectivity index (χ1v) is 7.25. The fourth-order valence-electron chi connectivity index (χ4n) is 3.49. The number of aliphatic carboxylic acids is 1. The Morgan fingerprint density at radius 2 is 2.00 bits per heavy atom. The standard InChI is InChI=1S/C16H18N2O3/c19-15(18-8-6-12-3-1-2-7-17-12)13-10-4-5-11(9-10)14(13)16(20)21/h1-5,7,10-11,13-14H,6,8-9H2,(H,18,19)(H,20,21). The first kappa shape index (κ1) is 13.8. The smallest absolute Gasteiger partial charge is 0.307 e. The number of allylic oxidation sites excluding steroid dienone is 2. The third kappa shape index (κ3) is 2.68. The Balaban J connectivity index is 1.58. The van der Waals surface area contributed by atoms with Crippen LogP contribution in [0.1, 0.15) is 12.1 Å². The molecule has 1 saturated carbocycles. The molecule has 5 heteroatoms. The number of fused-ring (bicyclic) bond motifs is 2. The Labute approximate surface area is 123 Å². The molecular weight excluding hydrogens is 268 g/mol. The number of carbonyl (C=O) groups is 2. The van der Waals surface area contributed by atoms with Crippen LogP contribution in [0.4, 0.5) is 0 Å². The van der Waals surface area contributed by atoms with Crippen LogP contribution in [0, 0.1) is 23.7 Å². The summed E-state index contributed by atoms with van der Waals surface area (Å²) in [7, 11) is 0. The van der Waals surface area contributed by atoms with Gasteiger partial charge in [-0.05, 0) is 30.4 Å². The molecule has 2 bridgehead atoms. The summed E-state index contributed by atoms with van der Waals surface area (Å²) in [5.74, 6) is -1.92. The van der Waals surface area contributed by atoms with Gasteiger partial charge in [0.2, 0.25) is 5.91 Å². The molecule has 1 aromatic heterocycles. The summed E-state index contributed by atoms with van der Waals surface area (Å²) >= 11 is 0. The van der Waals surface area contributed by atoms with Crippen LogP contribution in [-0.4, -0.2) is 28.5 Å². The van der Waals surface area contributed by atoms with Gasteiger partial charge >= 0.3 is 5.97 Å². The van der Waals surface area contributed by atoms with E-state index in [-0.39, 0.29) is 17.7 Å². The lowest BCUT2D eigenvalue weighted by Crippen LogP contribution is -2.40. The molecule has 0 saturated heterocycles. The van der Waals surface area contributed by atoms with Crippen LogP contribution >= 0.6 is 0 Å². The Hall–Kier alpha value is -2.17. The summed E-state index contributed by atoms with van der Waals surface area (Å²) in [6.45, 7) is 0.486. The van der Waals surface area contributed by atoms with E-state index in [0.717, 1.165) is 12.1 Å². The molecule has 1 heterocycles. The molecule has 4 atom stereocenters. The Bertz CT molecular complexity index is 570. The average molecular weight is 286 g/mol. The van der Waals surface area contributed by atoms with Gasteiger partial charge in [0.05, 0.1) is 11.8 Å². The van der Waals surface area contributed by atoms with Crippen LogP contribution in [0.3, 0.4) is 0 Å². The second-order valence-corrected chi connectivity index (χ2v) is 5.70. The highest BCUT2D eigenvalue weighted by atomic mass is 16.4.